The van der Waals surface area contributed by atoms with E-state index in [0.717, 1.165) is 27.2 Å². The molecule has 0 saturated carbocycles. The maximum Gasteiger partial charge on any atom is 0.158 e. The van der Waals surface area contributed by atoms with Gasteiger partial charge in [-0.25, -0.2) is 9.67 Å². The first-order valence-corrected chi connectivity index (χ1v) is 6.24. The van der Waals surface area contributed by atoms with Crippen molar-refractivity contribution in [1.29, 1.82) is 0 Å². The fraction of sp³-hybridized carbons (Fsp3) is 0.333. The lowest BCUT2D eigenvalue weighted by molar-refractivity contribution is 0.745. The zero-order chi connectivity index (χ0) is 12.6. The lowest BCUT2D eigenvalue weighted by Gasteiger charge is -2.12. The van der Waals surface area contributed by atoms with Gasteiger partial charge in [0, 0.05) is 17.8 Å². The van der Waals surface area contributed by atoms with Crippen LogP contribution in [0.2, 0.25) is 0 Å². The summed E-state index contributed by atoms with van der Waals surface area (Å²) in [5.74, 6) is 0.800. The standard InChI is InChI=1S/C12H15BrN4/c1-7(14)10-5-4-6-15-12(10)17-9(3)11(13)8(2)16-17/h4-7H,14H2,1-3H3. The maximum absolute atomic E-state index is 5.95. The number of aryl methyl sites for hydroxylation is 1. The molecule has 0 aliphatic heterocycles. The molecule has 2 aromatic rings. The van der Waals surface area contributed by atoms with Crippen molar-refractivity contribution < 1.29 is 0 Å². The molecule has 1 unspecified atom stereocenters. The summed E-state index contributed by atoms with van der Waals surface area (Å²) in [4.78, 5) is 4.39. The molecule has 17 heavy (non-hydrogen) atoms. The molecule has 5 heteroatoms. The lowest BCUT2D eigenvalue weighted by atomic mass is 10.1. The molecule has 2 aromatic heterocycles. The van der Waals surface area contributed by atoms with Crippen LogP contribution in [0, 0.1) is 13.8 Å². The predicted octanol–water partition coefficient (Wildman–Crippen LogP) is 2.67. The quantitative estimate of drug-likeness (QED) is 0.926. The topological polar surface area (TPSA) is 56.7 Å². The van der Waals surface area contributed by atoms with Crippen molar-refractivity contribution in [2.24, 2.45) is 5.73 Å². The van der Waals surface area contributed by atoms with E-state index >= 15 is 0 Å². The molecule has 0 bridgehead atoms. The Kier molecular flexibility index (Phi) is 3.31. The minimum atomic E-state index is -0.0682. The van der Waals surface area contributed by atoms with E-state index in [1.54, 1.807) is 6.20 Å². The van der Waals surface area contributed by atoms with E-state index in [4.69, 9.17) is 5.73 Å². The average Bonchev–Trinajstić information content (AvgIpc) is 2.57. The van der Waals surface area contributed by atoms with Crippen molar-refractivity contribution in [1.82, 2.24) is 14.8 Å². The Hall–Kier alpha value is -1.20. The molecule has 0 aliphatic carbocycles. The average molecular weight is 295 g/mol. The van der Waals surface area contributed by atoms with Crippen LogP contribution in [0.3, 0.4) is 0 Å². The van der Waals surface area contributed by atoms with Gasteiger partial charge in [0.1, 0.15) is 0 Å². The van der Waals surface area contributed by atoms with Crippen LogP contribution in [0.5, 0.6) is 0 Å². The summed E-state index contributed by atoms with van der Waals surface area (Å²) in [6.45, 7) is 5.91. The first kappa shape index (κ1) is 12.3. The second kappa shape index (κ2) is 4.58. The molecule has 1 atom stereocenters. The van der Waals surface area contributed by atoms with E-state index in [2.05, 4.69) is 26.0 Å². The van der Waals surface area contributed by atoms with E-state index in [9.17, 15) is 0 Å². The zero-order valence-corrected chi connectivity index (χ0v) is 11.7. The monoisotopic (exact) mass is 294 g/mol. The van der Waals surface area contributed by atoms with Crippen LogP contribution in [0.4, 0.5) is 0 Å². The largest absolute Gasteiger partial charge is 0.324 e. The van der Waals surface area contributed by atoms with Gasteiger partial charge in [-0.1, -0.05) is 6.07 Å². The Morgan fingerprint density at radius 1 is 1.41 bits per heavy atom. The van der Waals surface area contributed by atoms with Gasteiger partial charge in [0.05, 0.1) is 15.9 Å². The van der Waals surface area contributed by atoms with Gasteiger partial charge in [-0.15, -0.1) is 0 Å². The van der Waals surface area contributed by atoms with Crippen molar-refractivity contribution >= 4 is 15.9 Å². The van der Waals surface area contributed by atoms with Crippen molar-refractivity contribution in [3.05, 3.63) is 39.8 Å². The maximum atomic E-state index is 5.95. The van der Waals surface area contributed by atoms with Gasteiger partial charge in [-0.3, -0.25) is 0 Å². The molecule has 4 nitrogen and oxygen atoms in total. The lowest BCUT2D eigenvalue weighted by Crippen LogP contribution is -2.12. The normalized spacial score (nSPS) is 12.8. The van der Waals surface area contributed by atoms with Gasteiger partial charge in [-0.05, 0) is 42.8 Å². The molecule has 2 N–H and O–H groups in total. The summed E-state index contributed by atoms with van der Waals surface area (Å²) >= 11 is 3.52. The molecule has 0 amide bonds. The van der Waals surface area contributed by atoms with Crippen LogP contribution in [0.25, 0.3) is 5.82 Å². The molecule has 2 heterocycles. The van der Waals surface area contributed by atoms with Gasteiger partial charge < -0.3 is 5.73 Å². The minimum Gasteiger partial charge on any atom is -0.324 e. The summed E-state index contributed by atoms with van der Waals surface area (Å²) in [6, 6.07) is 3.81. The summed E-state index contributed by atoms with van der Waals surface area (Å²) in [6.07, 6.45) is 1.76. The SMILES string of the molecule is Cc1nn(-c2ncccc2C(C)N)c(C)c1Br. The number of rotatable bonds is 2. The van der Waals surface area contributed by atoms with E-state index < -0.39 is 0 Å². The third kappa shape index (κ3) is 2.12. The Balaban J connectivity index is 2.64. The highest BCUT2D eigenvalue weighted by Gasteiger charge is 2.15. The predicted molar refractivity (Wildman–Crippen MR) is 71.1 cm³/mol. The number of nitrogens with zero attached hydrogens (tertiary/aromatic N) is 3. The fourth-order valence-corrected chi connectivity index (χ4v) is 2.02. The van der Waals surface area contributed by atoms with Crippen molar-refractivity contribution in [2.45, 2.75) is 26.8 Å². The van der Waals surface area contributed by atoms with Gasteiger partial charge in [0.25, 0.3) is 0 Å². The third-order valence-electron chi connectivity index (χ3n) is 2.71. The summed E-state index contributed by atoms with van der Waals surface area (Å²) in [5.41, 5.74) is 8.92. The van der Waals surface area contributed by atoms with Crippen molar-refractivity contribution in [2.75, 3.05) is 0 Å². The third-order valence-corrected chi connectivity index (χ3v) is 3.86. The molecule has 0 aliphatic rings. The number of aromatic nitrogens is 3. The van der Waals surface area contributed by atoms with Gasteiger partial charge in [0.15, 0.2) is 5.82 Å². The smallest absolute Gasteiger partial charge is 0.158 e. The Morgan fingerprint density at radius 3 is 2.65 bits per heavy atom. The van der Waals surface area contributed by atoms with E-state index in [0.29, 0.717) is 0 Å². The summed E-state index contributed by atoms with van der Waals surface area (Å²) in [7, 11) is 0. The van der Waals surface area contributed by atoms with E-state index in [1.165, 1.54) is 0 Å². The molecule has 0 saturated heterocycles. The Bertz CT molecular complexity index is 545. The van der Waals surface area contributed by atoms with Crippen LogP contribution in [0.15, 0.2) is 22.8 Å². The number of pyridine rings is 1. The summed E-state index contributed by atoms with van der Waals surface area (Å²) in [5, 5.41) is 4.47. The van der Waals surface area contributed by atoms with Crippen LogP contribution in [0.1, 0.15) is 29.9 Å². The highest BCUT2D eigenvalue weighted by molar-refractivity contribution is 9.10. The van der Waals surface area contributed by atoms with E-state index in [-0.39, 0.29) is 6.04 Å². The molecular formula is C12H15BrN4. The Labute approximate surface area is 109 Å². The number of hydrogen-bond acceptors (Lipinski definition) is 3. The zero-order valence-electron chi connectivity index (χ0n) is 10.1. The van der Waals surface area contributed by atoms with Gasteiger partial charge in [-0.2, -0.15) is 5.10 Å². The highest BCUT2D eigenvalue weighted by Crippen LogP contribution is 2.25. The molecule has 0 radical (unpaired) electrons. The van der Waals surface area contributed by atoms with Crippen LogP contribution >= 0.6 is 15.9 Å². The first-order valence-electron chi connectivity index (χ1n) is 5.45. The molecular weight excluding hydrogens is 280 g/mol. The highest BCUT2D eigenvalue weighted by atomic mass is 79.9. The van der Waals surface area contributed by atoms with Crippen LogP contribution in [-0.4, -0.2) is 14.8 Å². The second-order valence-corrected chi connectivity index (χ2v) is 4.89. The second-order valence-electron chi connectivity index (χ2n) is 4.10. The molecule has 0 aromatic carbocycles. The number of hydrogen-bond donors (Lipinski definition) is 1. The van der Waals surface area contributed by atoms with Crippen molar-refractivity contribution in [3.8, 4) is 5.82 Å². The number of nitrogens with two attached hydrogens (primary N) is 1. The minimum absolute atomic E-state index is 0.0682. The molecule has 0 fully saturated rings. The van der Waals surface area contributed by atoms with Gasteiger partial charge >= 0.3 is 0 Å². The number of halogens is 1. The fourth-order valence-electron chi connectivity index (χ4n) is 1.77. The van der Waals surface area contributed by atoms with Crippen LogP contribution in [-0.2, 0) is 0 Å². The van der Waals surface area contributed by atoms with Gasteiger partial charge in [0.2, 0.25) is 0 Å². The summed E-state index contributed by atoms with van der Waals surface area (Å²) < 4.78 is 2.84. The first-order chi connectivity index (χ1) is 8.02. The van der Waals surface area contributed by atoms with Crippen molar-refractivity contribution in [3.63, 3.8) is 0 Å². The van der Waals surface area contributed by atoms with E-state index in [1.807, 2.05) is 37.6 Å². The molecule has 90 valence electrons. The Morgan fingerprint density at radius 2 is 2.12 bits per heavy atom. The molecule has 0 spiro atoms. The van der Waals surface area contributed by atoms with Crippen LogP contribution < -0.4 is 5.73 Å². The molecule has 2 rings (SSSR count).